The van der Waals surface area contributed by atoms with Gasteiger partial charge in [-0.2, -0.15) is 0 Å². The molecule has 0 aliphatic heterocycles. The molecule has 1 aromatic heterocycles. The van der Waals surface area contributed by atoms with Gasteiger partial charge in [0, 0.05) is 16.7 Å². The largest absolute Gasteiger partial charge is 0.456 e. The van der Waals surface area contributed by atoms with Gasteiger partial charge in [-0.3, -0.25) is 0 Å². The molecule has 0 amide bonds. The van der Waals surface area contributed by atoms with Crippen molar-refractivity contribution in [2.75, 3.05) is 0 Å². The molecule has 8 aromatic rings. The van der Waals surface area contributed by atoms with Crippen molar-refractivity contribution in [3.8, 4) is 33.4 Å². The minimum Gasteiger partial charge on any atom is -0.456 e. The van der Waals surface area contributed by atoms with Gasteiger partial charge in [0.1, 0.15) is 11.2 Å². The summed E-state index contributed by atoms with van der Waals surface area (Å²) < 4.78 is 6.24. The van der Waals surface area contributed by atoms with Crippen LogP contribution in [0.2, 0.25) is 0 Å². The smallest absolute Gasteiger partial charge is 0.136 e. The van der Waals surface area contributed by atoms with Crippen molar-refractivity contribution in [3.05, 3.63) is 192 Å². The second kappa shape index (κ2) is 9.79. The molecule has 1 heteroatoms. The van der Waals surface area contributed by atoms with Crippen LogP contribution in [-0.2, 0) is 0 Å². The third kappa shape index (κ3) is 3.63. The SMILES string of the molecule is c1ccc2c(c1)C(=C(c1ccc(-c3ccc4c(c3)oc3ccccc34)cc1)C1c3ccccc3-c3ccccc31)c1ccccc1-2. The summed E-state index contributed by atoms with van der Waals surface area (Å²) in [5.74, 6) is 0.111. The number of furan rings is 1. The number of allylic oxidation sites excluding steroid dienone is 1. The molecule has 1 nitrogen and oxygen atoms in total. The second-order valence-electron chi connectivity index (χ2n) is 12.4. The molecule has 46 heavy (non-hydrogen) atoms. The van der Waals surface area contributed by atoms with Crippen LogP contribution in [0.25, 0.3) is 66.5 Å². The predicted molar refractivity (Wildman–Crippen MR) is 191 cm³/mol. The Hall–Kier alpha value is -5.92. The maximum absolute atomic E-state index is 6.24. The molecule has 0 saturated heterocycles. The van der Waals surface area contributed by atoms with E-state index in [0.29, 0.717) is 0 Å². The highest BCUT2D eigenvalue weighted by Gasteiger charge is 2.36. The summed E-state index contributed by atoms with van der Waals surface area (Å²) in [6, 6.07) is 59.8. The molecular weight excluding hydrogens is 556 g/mol. The second-order valence-corrected chi connectivity index (χ2v) is 12.4. The average Bonchev–Trinajstić information content (AvgIpc) is 3.77. The zero-order chi connectivity index (χ0) is 30.2. The van der Waals surface area contributed by atoms with Crippen LogP contribution in [0.3, 0.4) is 0 Å². The van der Waals surface area contributed by atoms with Gasteiger partial charge in [0.2, 0.25) is 0 Å². The number of fused-ring (bicyclic) bond motifs is 9. The quantitative estimate of drug-likeness (QED) is 0.201. The molecule has 0 radical (unpaired) electrons. The van der Waals surface area contributed by atoms with Crippen molar-refractivity contribution in [1.29, 1.82) is 0 Å². The highest BCUT2D eigenvalue weighted by Crippen LogP contribution is 2.56. The number of rotatable bonds is 3. The van der Waals surface area contributed by atoms with Gasteiger partial charge in [-0.25, -0.2) is 0 Å². The number of hydrogen-bond acceptors (Lipinski definition) is 1. The minimum absolute atomic E-state index is 0.111. The lowest BCUT2D eigenvalue weighted by Crippen LogP contribution is -2.04. The van der Waals surface area contributed by atoms with Crippen LogP contribution in [-0.4, -0.2) is 0 Å². The molecule has 0 saturated carbocycles. The van der Waals surface area contributed by atoms with Gasteiger partial charge < -0.3 is 4.42 Å². The fourth-order valence-corrected chi connectivity index (χ4v) is 7.98. The summed E-state index contributed by atoms with van der Waals surface area (Å²) in [7, 11) is 0. The molecule has 0 N–H and O–H groups in total. The molecule has 0 unspecified atom stereocenters. The lowest BCUT2D eigenvalue weighted by Gasteiger charge is -2.23. The van der Waals surface area contributed by atoms with Crippen LogP contribution in [0, 0.1) is 0 Å². The topological polar surface area (TPSA) is 13.1 Å². The third-order valence-electron chi connectivity index (χ3n) is 9.98. The Labute approximate surface area is 267 Å². The summed E-state index contributed by atoms with van der Waals surface area (Å²) in [6.07, 6.45) is 0. The Morgan fingerprint density at radius 3 is 1.54 bits per heavy atom. The van der Waals surface area contributed by atoms with Crippen LogP contribution < -0.4 is 0 Å². The number of para-hydroxylation sites is 1. The molecule has 214 valence electrons. The van der Waals surface area contributed by atoms with Gasteiger partial charge in [-0.1, -0.05) is 146 Å². The van der Waals surface area contributed by atoms with E-state index in [9.17, 15) is 0 Å². The van der Waals surface area contributed by atoms with E-state index in [1.807, 2.05) is 12.1 Å². The standard InChI is InChI=1S/C45H28O/c1-5-16-37-31(11-1)32-12-2-6-17-38(32)44(37)43(45-39-18-7-3-13-33(39)34-14-4-8-19-40(34)45)29-23-21-28(22-24-29)30-25-26-36-35-15-9-10-20-41(35)46-42(36)27-30/h1-27,44H. The number of benzene rings is 7. The molecule has 0 fully saturated rings. The zero-order valence-electron chi connectivity index (χ0n) is 25.1. The van der Waals surface area contributed by atoms with Crippen molar-refractivity contribution in [1.82, 2.24) is 0 Å². The van der Waals surface area contributed by atoms with Crippen molar-refractivity contribution >= 4 is 33.1 Å². The Balaban J connectivity index is 1.20. The van der Waals surface area contributed by atoms with E-state index in [-0.39, 0.29) is 5.92 Å². The van der Waals surface area contributed by atoms with Gasteiger partial charge >= 0.3 is 0 Å². The first kappa shape index (κ1) is 25.4. The van der Waals surface area contributed by atoms with Crippen LogP contribution in [0.15, 0.2) is 168 Å². The Bertz CT molecular complexity index is 2430. The Morgan fingerprint density at radius 2 is 0.891 bits per heavy atom. The molecular formula is C45H28O. The summed E-state index contributed by atoms with van der Waals surface area (Å²) in [4.78, 5) is 0. The van der Waals surface area contributed by atoms with E-state index in [1.54, 1.807) is 0 Å². The summed E-state index contributed by atoms with van der Waals surface area (Å²) >= 11 is 0. The third-order valence-corrected chi connectivity index (χ3v) is 9.98. The van der Waals surface area contributed by atoms with Gasteiger partial charge in [0.05, 0.1) is 0 Å². The van der Waals surface area contributed by atoms with Crippen molar-refractivity contribution in [2.45, 2.75) is 5.92 Å². The fourth-order valence-electron chi connectivity index (χ4n) is 7.98. The molecule has 0 atom stereocenters. The molecule has 2 aliphatic rings. The van der Waals surface area contributed by atoms with Gasteiger partial charge in [-0.15, -0.1) is 0 Å². The highest BCUT2D eigenvalue weighted by atomic mass is 16.3. The maximum Gasteiger partial charge on any atom is 0.136 e. The first-order chi connectivity index (χ1) is 22.8. The van der Waals surface area contributed by atoms with Gasteiger partial charge in [0.25, 0.3) is 0 Å². The predicted octanol–water partition coefficient (Wildman–Crippen LogP) is 12.0. The molecule has 7 aromatic carbocycles. The van der Waals surface area contributed by atoms with E-state index >= 15 is 0 Å². The van der Waals surface area contributed by atoms with Crippen molar-refractivity contribution < 1.29 is 4.42 Å². The zero-order valence-corrected chi connectivity index (χ0v) is 25.1. The maximum atomic E-state index is 6.24. The van der Waals surface area contributed by atoms with Crippen molar-refractivity contribution in [3.63, 3.8) is 0 Å². The normalized spacial score (nSPS) is 13.1. The van der Waals surface area contributed by atoms with Gasteiger partial charge in [0.15, 0.2) is 0 Å². The van der Waals surface area contributed by atoms with E-state index in [1.165, 1.54) is 66.8 Å². The van der Waals surface area contributed by atoms with E-state index in [0.717, 1.165) is 27.5 Å². The van der Waals surface area contributed by atoms with Gasteiger partial charge in [-0.05, 0) is 90.5 Å². The molecule has 10 rings (SSSR count). The Kier molecular flexibility index (Phi) is 5.41. The Morgan fingerprint density at radius 1 is 0.391 bits per heavy atom. The first-order valence-electron chi connectivity index (χ1n) is 16.0. The lowest BCUT2D eigenvalue weighted by molar-refractivity contribution is 0.669. The fraction of sp³-hybridized carbons (Fsp3) is 0.0222. The minimum atomic E-state index is 0.111. The van der Waals surface area contributed by atoms with Crippen LogP contribution in [0.1, 0.15) is 33.7 Å². The van der Waals surface area contributed by atoms with E-state index in [2.05, 4.69) is 152 Å². The molecule has 1 heterocycles. The van der Waals surface area contributed by atoms with Crippen LogP contribution in [0.4, 0.5) is 0 Å². The molecule has 0 spiro atoms. The monoisotopic (exact) mass is 584 g/mol. The number of hydrogen-bond donors (Lipinski definition) is 0. The van der Waals surface area contributed by atoms with Crippen LogP contribution in [0.5, 0.6) is 0 Å². The summed E-state index contributed by atoms with van der Waals surface area (Å²) in [5.41, 5.74) is 18.7. The van der Waals surface area contributed by atoms with E-state index < -0.39 is 0 Å². The van der Waals surface area contributed by atoms with Crippen LogP contribution >= 0.6 is 0 Å². The van der Waals surface area contributed by atoms with E-state index in [4.69, 9.17) is 4.42 Å². The average molecular weight is 585 g/mol. The highest BCUT2D eigenvalue weighted by molar-refractivity contribution is 6.13. The summed E-state index contributed by atoms with van der Waals surface area (Å²) in [6.45, 7) is 0. The van der Waals surface area contributed by atoms with Crippen molar-refractivity contribution in [2.24, 2.45) is 0 Å². The lowest BCUT2D eigenvalue weighted by atomic mass is 9.79. The molecule has 0 bridgehead atoms. The molecule has 2 aliphatic carbocycles. The first-order valence-corrected chi connectivity index (χ1v) is 16.0. The summed E-state index contributed by atoms with van der Waals surface area (Å²) in [5, 5.41) is 2.31.